The van der Waals surface area contributed by atoms with Crippen LogP contribution < -0.4 is 31.3 Å². The summed E-state index contributed by atoms with van der Waals surface area (Å²) in [7, 11) is 1.55. The van der Waals surface area contributed by atoms with E-state index < -0.39 is 66.3 Å². The van der Waals surface area contributed by atoms with Gasteiger partial charge in [-0.15, -0.1) is 0 Å². The van der Waals surface area contributed by atoms with Gasteiger partial charge in [-0.05, 0) is 78.6 Å². The standard InChI is InChI=1S/C45H58N8O7/c1-27(2)21-36-44(58)51-37(22-31-11-14-33(60-6)15-12-31)43(57)48-29(5)42(56)52-39(28(3)4)25-53(41(55)16-13-30-17-19-46-20-18-30)26-40(54)49-38(45(59)50-36)23-32-24-47-35-10-8-7-9-34(32)35/h7-12,14-15,17-20,24,27-29,36-39,47H,13,16,21-23,25-26H2,1-6H3,(H,48,57)(H,49,54)(H,50,59)(H,51,58)(H,52,56)/t29-,36+,37+,38-,39-/m1/s1. The zero-order chi connectivity index (χ0) is 43.3. The van der Waals surface area contributed by atoms with E-state index in [2.05, 4.69) is 36.6 Å². The molecule has 15 heteroatoms. The number of ether oxygens (including phenoxy) is 1. The van der Waals surface area contributed by atoms with Crippen LogP contribution in [0.3, 0.4) is 0 Å². The Morgan fingerprint density at radius 1 is 0.767 bits per heavy atom. The quantitative estimate of drug-likeness (QED) is 0.133. The average Bonchev–Trinajstić information content (AvgIpc) is 3.63. The molecule has 60 heavy (non-hydrogen) atoms. The molecule has 5 atom stereocenters. The molecular formula is C45H58N8O7. The molecule has 1 saturated heterocycles. The van der Waals surface area contributed by atoms with E-state index in [4.69, 9.17) is 4.74 Å². The molecule has 0 saturated carbocycles. The molecule has 0 aliphatic carbocycles. The highest BCUT2D eigenvalue weighted by Gasteiger charge is 2.34. The number of H-pyrrole nitrogens is 1. The van der Waals surface area contributed by atoms with Crippen molar-refractivity contribution in [3.05, 3.63) is 95.9 Å². The minimum Gasteiger partial charge on any atom is -0.497 e. The molecule has 6 amide bonds. The Morgan fingerprint density at radius 3 is 2.10 bits per heavy atom. The predicted molar refractivity (Wildman–Crippen MR) is 227 cm³/mol. The number of hydrogen-bond donors (Lipinski definition) is 6. The number of methoxy groups -OCH3 is 1. The van der Waals surface area contributed by atoms with Gasteiger partial charge in [0.05, 0.1) is 13.7 Å². The van der Waals surface area contributed by atoms with E-state index in [-0.39, 0.29) is 50.0 Å². The first kappa shape index (κ1) is 44.8. The highest BCUT2D eigenvalue weighted by molar-refractivity contribution is 5.96. The Morgan fingerprint density at radius 2 is 1.42 bits per heavy atom. The summed E-state index contributed by atoms with van der Waals surface area (Å²) in [6, 6.07) is 13.2. The van der Waals surface area contributed by atoms with E-state index in [0.29, 0.717) is 12.2 Å². The maximum absolute atomic E-state index is 14.4. The Labute approximate surface area is 351 Å². The first-order valence-electron chi connectivity index (χ1n) is 20.6. The van der Waals surface area contributed by atoms with Gasteiger partial charge in [-0.2, -0.15) is 0 Å². The molecule has 0 unspecified atom stereocenters. The SMILES string of the molecule is COc1ccc(C[C@@H]2NC(=O)[C@H](CC(C)C)NC(=O)[C@@H](Cc3c[nH]c4ccccc34)NC(=O)CN(C(=O)CCc3ccncc3)C[C@H](C(C)C)NC(=O)[C@@H](C)NC2=O)cc1. The third-order valence-electron chi connectivity index (χ3n) is 10.7. The number of para-hydroxylation sites is 1. The summed E-state index contributed by atoms with van der Waals surface area (Å²) in [6.07, 6.45) is 5.89. The van der Waals surface area contributed by atoms with Crippen molar-refractivity contribution in [2.45, 2.75) is 96.9 Å². The van der Waals surface area contributed by atoms with Gasteiger partial charge in [0, 0.05) is 61.3 Å². The molecule has 2 aromatic heterocycles. The van der Waals surface area contributed by atoms with Crippen molar-refractivity contribution in [3.8, 4) is 5.75 Å². The number of aryl methyl sites for hydroxylation is 1. The molecular weight excluding hydrogens is 765 g/mol. The lowest BCUT2D eigenvalue weighted by atomic mass is 9.99. The van der Waals surface area contributed by atoms with Gasteiger partial charge < -0.3 is 41.2 Å². The lowest BCUT2D eigenvalue weighted by Crippen LogP contribution is -2.60. The van der Waals surface area contributed by atoms with Crippen LogP contribution in [0.5, 0.6) is 5.75 Å². The lowest BCUT2D eigenvalue weighted by molar-refractivity contribution is -0.138. The fourth-order valence-corrected chi connectivity index (χ4v) is 7.16. The summed E-state index contributed by atoms with van der Waals surface area (Å²) in [5.74, 6) is -2.87. The molecule has 3 heterocycles. The van der Waals surface area contributed by atoms with Crippen LogP contribution in [-0.2, 0) is 48.0 Å². The number of aromatic amines is 1. The third kappa shape index (κ3) is 12.6. The van der Waals surface area contributed by atoms with E-state index in [1.807, 2.05) is 64.1 Å². The second-order valence-corrected chi connectivity index (χ2v) is 16.2. The van der Waals surface area contributed by atoms with Crippen LogP contribution in [0.2, 0.25) is 0 Å². The molecule has 0 spiro atoms. The fourth-order valence-electron chi connectivity index (χ4n) is 7.16. The molecule has 0 bridgehead atoms. The minimum atomic E-state index is -1.16. The summed E-state index contributed by atoms with van der Waals surface area (Å²) in [5, 5.41) is 15.2. The third-order valence-corrected chi connectivity index (χ3v) is 10.7. The summed E-state index contributed by atoms with van der Waals surface area (Å²) in [5.41, 5.74) is 3.22. The van der Waals surface area contributed by atoms with Crippen LogP contribution in [0.1, 0.15) is 64.2 Å². The molecule has 1 aliphatic heterocycles. The number of aromatic nitrogens is 2. The van der Waals surface area contributed by atoms with Gasteiger partial charge in [-0.25, -0.2) is 0 Å². The van der Waals surface area contributed by atoms with Crippen LogP contribution in [0.25, 0.3) is 10.9 Å². The van der Waals surface area contributed by atoms with Crippen LogP contribution >= 0.6 is 0 Å². The van der Waals surface area contributed by atoms with Gasteiger partial charge in [0.25, 0.3) is 0 Å². The van der Waals surface area contributed by atoms with Crippen molar-refractivity contribution in [1.29, 1.82) is 0 Å². The van der Waals surface area contributed by atoms with Gasteiger partial charge in [-0.1, -0.05) is 58.0 Å². The summed E-state index contributed by atoms with van der Waals surface area (Å²) >= 11 is 0. The average molecular weight is 823 g/mol. The fraction of sp³-hybridized carbons (Fsp3) is 0.444. The number of pyridine rings is 1. The zero-order valence-corrected chi connectivity index (χ0v) is 35.2. The van der Waals surface area contributed by atoms with Crippen molar-refractivity contribution in [1.82, 2.24) is 41.5 Å². The largest absolute Gasteiger partial charge is 0.497 e. The summed E-state index contributed by atoms with van der Waals surface area (Å²) in [4.78, 5) is 93.1. The number of nitrogens with zero attached hydrogens (tertiary/aromatic N) is 2. The molecule has 5 rings (SSSR count). The van der Waals surface area contributed by atoms with E-state index in [1.54, 1.807) is 50.0 Å². The van der Waals surface area contributed by atoms with E-state index in [1.165, 1.54) is 11.8 Å². The summed E-state index contributed by atoms with van der Waals surface area (Å²) < 4.78 is 5.29. The monoisotopic (exact) mass is 822 g/mol. The Balaban J connectivity index is 1.52. The van der Waals surface area contributed by atoms with Crippen molar-refractivity contribution in [3.63, 3.8) is 0 Å². The van der Waals surface area contributed by atoms with Crippen LogP contribution in [0.15, 0.2) is 79.3 Å². The topological polar surface area (TPSA) is 204 Å². The zero-order valence-electron chi connectivity index (χ0n) is 35.2. The van der Waals surface area contributed by atoms with Crippen LogP contribution in [-0.4, -0.2) is 101 Å². The van der Waals surface area contributed by atoms with Gasteiger partial charge in [0.15, 0.2) is 0 Å². The second kappa shape index (κ2) is 21.1. The van der Waals surface area contributed by atoms with Crippen LogP contribution in [0, 0.1) is 11.8 Å². The first-order chi connectivity index (χ1) is 28.7. The molecule has 2 aromatic carbocycles. The lowest BCUT2D eigenvalue weighted by Gasteiger charge is -2.32. The molecule has 4 aromatic rings. The second-order valence-electron chi connectivity index (χ2n) is 16.2. The smallest absolute Gasteiger partial charge is 0.243 e. The van der Waals surface area contributed by atoms with Gasteiger partial charge in [0.1, 0.15) is 29.9 Å². The molecule has 1 aliphatic rings. The number of rotatable bonds is 11. The van der Waals surface area contributed by atoms with Gasteiger partial charge in [0.2, 0.25) is 35.4 Å². The predicted octanol–water partition coefficient (Wildman–Crippen LogP) is 2.98. The number of carbonyl (C=O) groups is 6. The minimum absolute atomic E-state index is 0.0153. The van der Waals surface area contributed by atoms with Crippen LogP contribution in [0.4, 0.5) is 0 Å². The number of hydrogen-bond acceptors (Lipinski definition) is 8. The Bertz CT molecular complexity index is 2100. The van der Waals surface area contributed by atoms with Crippen molar-refractivity contribution >= 4 is 46.3 Å². The van der Waals surface area contributed by atoms with Gasteiger partial charge >= 0.3 is 0 Å². The molecule has 0 radical (unpaired) electrons. The molecule has 15 nitrogen and oxygen atoms in total. The van der Waals surface area contributed by atoms with E-state index >= 15 is 0 Å². The highest BCUT2D eigenvalue weighted by Crippen LogP contribution is 2.20. The van der Waals surface area contributed by atoms with E-state index in [9.17, 15) is 28.8 Å². The number of benzene rings is 2. The maximum atomic E-state index is 14.4. The number of amides is 6. The van der Waals surface area contributed by atoms with E-state index in [0.717, 1.165) is 27.6 Å². The number of carbonyl (C=O) groups excluding carboxylic acids is 6. The maximum Gasteiger partial charge on any atom is 0.243 e. The normalized spacial score (nSPS) is 21.4. The number of nitrogens with one attached hydrogen (secondary N) is 6. The Hall–Kier alpha value is -6.25. The van der Waals surface area contributed by atoms with Gasteiger partial charge in [-0.3, -0.25) is 33.8 Å². The first-order valence-corrected chi connectivity index (χ1v) is 20.6. The number of fused-ring (bicyclic) bond motifs is 1. The van der Waals surface area contributed by atoms with Crippen molar-refractivity contribution < 1.29 is 33.5 Å². The molecule has 6 N–H and O–H groups in total. The van der Waals surface area contributed by atoms with Crippen molar-refractivity contribution in [2.75, 3.05) is 20.2 Å². The van der Waals surface area contributed by atoms with Crippen molar-refractivity contribution in [2.24, 2.45) is 11.8 Å². The molecule has 1 fully saturated rings. The summed E-state index contributed by atoms with van der Waals surface area (Å²) in [6.45, 7) is 8.70. The Kier molecular flexibility index (Phi) is 15.8. The highest BCUT2D eigenvalue weighted by atomic mass is 16.5. The molecule has 320 valence electrons.